The number of nitrogens with zero attached hydrogens (tertiary/aromatic N) is 6. The molecule has 0 N–H and O–H groups in total. The van der Waals surface area contributed by atoms with E-state index < -0.39 is 0 Å². The van der Waals surface area contributed by atoms with Crippen molar-refractivity contribution in [1.29, 1.82) is 0 Å². The zero-order chi connectivity index (χ0) is 14.9. The predicted molar refractivity (Wildman–Crippen MR) is 84.5 cm³/mol. The minimum atomic E-state index is 0.685. The van der Waals surface area contributed by atoms with E-state index in [1.54, 1.807) is 17.3 Å². The molecule has 3 aromatic rings. The van der Waals surface area contributed by atoms with Crippen LogP contribution in [0.4, 0.5) is 0 Å². The van der Waals surface area contributed by atoms with Crippen molar-refractivity contribution in [3.8, 4) is 0 Å². The summed E-state index contributed by atoms with van der Waals surface area (Å²) in [4.78, 5) is 14.0. The highest BCUT2D eigenvalue weighted by molar-refractivity contribution is 7.11. The van der Waals surface area contributed by atoms with Gasteiger partial charge in [-0.25, -0.2) is 14.6 Å². The molecule has 7 heteroatoms. The molecule has 22 heavy (non-hydrogen) atoms. The fourth-order valence-corrected chi connectivity index (χ4v) is 3.78. The van der Waals surface area contributed by atoms with Gasteiger partial charge in [0.2, 0.25) is 0 Å². The van der Waals surface area contributed by atoms with Crippen molar-refractivity contribution in [2.24, 2.45) is 0 Å². The van der Waals surface area contributed by atoms with E-state index >= 15 is 0 Å². The van der Waals surface area contributed by atoms with E-state index in [9.17, 15) is 0 Å². The number of hydrogen-bond acceptors (Lipinski definition) is 5. The number of aromatic nitrogens is 5. The molecule has 4 rings (SSSR count). The maximum absolute atomic E-state index is 4.76. The van der Waals surface area contributed by atoms with Gasteiger partial charge in [0.15, 0.2) is 0 Å². The third kappa shape index (κ3) is 2.82. The van der Waals surface area contributed by atoms with Crippen LogP contribution in [0.3, 0.4) is 0 Å². The summed E-state index contributed by atoms with van der Waals surface area (Å²) in [6.07, 6.45) is 5.42. The topological polar surface area (TPSA) is 51.8 Å². The summed E-state index contributed by atoms with van der Waals surface area (Å²) >= 11 is 1.88. The van der Waals surface area contributed by atoms with E-state index in [4.69, 9.17) is 4.98 Å². The van der Waals surface area contributed by atoms with Crippen molar-refractivity contribution >= 4 is 11.3 Å². The molecule has 0 aromatic carbocycles. The molecule has 0 amide bonds. The molecule has 6 nitrogen and oxygen atoms in total. The highest BCUT2D eigenvalue weighted by atomic mass is 32.1. The number of fused-ring (bicyclic) bond motifs is 1. The molecule has 0 saturated carbocycles. The molecule has 1 aliphatic heterocycles. The second-order valence-electron chi connectivity index (χ2n) is 5.66. The Morgan fingerprint density at radius 2 is 2.18 bits per heavy atom. The van der Waals surface area contributed by atoms with Gasteiger partial charge in [-0.05, 0) is 19.1 Å². The average Bonchev–Trinajstić information content (AvgIpc) is 3.20. The van der Waals surface area contributed by atoms with Crippen LogP contribution >= 0.6 is 11.3 Å². The van der Waals surface area contributed by atoms with Gasteiger partial charge in [-0.15, -0.1) is 11.3 Å². The summed E-state index contributed by atoms with van der Waals surface area (Å²) in [6, 6.07) is 4.43. The van der Waals surface area contributed by atoms with E-state index in [-0.39, 0.29) is 0 Å². The van der Waals surface area contributed by atoms with E-state index in [0.29, 0.717) is 6.54 Å². The largest absolute Gasteiger partial charge is 0.332 e. The van der Waals surface area contributed by atoms with Crippen molar-refractivity contribution in [2.45, 2.75) is 33.1 Å². The van der Waals surface area contributed by atoms with Gasteiger partial charge >= 0.3 is 0 Å². The molecule has 0 saturated heterocycles. The Labute approximate surface area is 133 Å². The second kappa shape index (κ2) is 5.66. The van der Waals surface area contributed by atoms with E-state index in [1.807, 2.05) is 11.3 Å². The maximum Gasteiger partial charge on any atom is 0.137 e. The van der Waals surface area contributed by atoms with Gasteiger partial charge in [0.05, 0.1) is 18.8 Å². The minimum absolute atomic E-state index is 0.685. The van der Waals surface area contributed by atoms with E-state index in [1.165, 1.54) is 9.75 Å². The minimum Gasteiger partial charge on any atom is -0.332 e. The molecule has 0 fully saturated rings. The lowest BCUT2D eigenvalue weighted by atomic mass is 10.3. The van der Waals surface area contributed by atoms with Crippen molar-refractivity contribution in [3.63, 3.8) is 0 Å². The van der Waals surface area contributed by atoms with Crippen molar-refractivity contribution in [2.75, 3.05) is 6.54 Å². The van der Waals surface area contributed by atoms with Crippen LogP contribution in [0.2, 0.25) is 0 Å². The molecule has 0 atom stereocenters. The average molecular weight is 314 g/mol. The van der Waals surface area contributed by atoms with Gasteiger partial charge in [0.1, 0.15) is 18.5 Å². The molecule has 114 valence electrons. The molecular formula is C15H18N6S. The first kappa shape index (κ1) is 13.7. The van der Waals surface area contributed by atoms with Crippen LogP contribution in [0.1, 0.15) is 21.3 Å². The Bertz CT molecular complexity index is 757. The Hall–Kier alpha value is -1.99. The Morgan fingerprint density at radius 1 is 1.23 bits per heavy atom. The first-order valence-electron chi connectivity index (χ1n) is 7.41. The molecule has 0 radical (unpaired) electrons. The third-order valence-corrected chi connectivity index (χ3v) is 4.88. The predicted octanol–water partition coefficient (Wildman–Crippen LogP) is 1.91. The van der Waals surface area contributed by atoms with Gasteiger partial charge in [-0.3, -0.25) is 4.90 Å². The van der Waals surface area contributed by atoms with Gasteiger partial charge < -0.3 is 4.57 Å². The molecule has 1 aliphatic rings. The first-order valence-corrected chi connectivity index (χ1v) is 8.23. The molecule has 4 heterocycles. The number of hydrogen-bond donors (Lipinski definition) is 0. The molecule has 0 bridgehead atoms. The van der Waals surface area contributed by atoms with Gasteiger partial charge in [-0.2, -0.15) is 5.10 Å². The Balaban J connectivity index is 1.45. The lowest BCUT2D eigenvalue weighted by Crippen LogP contribution is -2.32. The van der Waals surface area contributed by atoms with Crippen LogP contribution in [0.15, 0.2) is 31.0 Å². The normalized spacial score (nSPS) is 15.1. The Morgan fingerprint density at radius 3 is 2.95 bits per heavy atom. The lowest BCUT2D eigenvalue weighted by molar-refractivity contribution is 0.210. The fourth-order valence-electron chi connectivity index (χ4n) is 2.84. The van der Waals surface area contributed by atoms with Crippen LogP contribution in [0.5, 0.6) is 0 Å². The smallest absolute Gasteiger partial charge is 0.137 e. The molecule has 3 aromatic heterocycles. The van der Waals surface area contributed by atoms with Crippen molar-refractivity contribution in [3.05, 3.63) is 52.3 Å². The zero-order valence-electron chi connectivity index (χ0n) is 12.5. The third-order valence-electron chi connectivity index (χ3n) is 3.90. The summed E-state index contributed by atoms with van der Waals surface area (Å²) in [5, 5.41) is 4.14. The summed E-state index contributed by atoms with van der Waals surface area (Å²) in [5.74, 6) is 1.15. The SMILES string of the molecule is Cc1ccc(CN2CCn3cc(Cn4cncn4)nc3C2)s1. The summed E-state index contributed by atoms with van der Waals surface area (Å²) in [6.45, 7) is 6.85. The number of rotatable bonds is 4. The van der Waals surface area contributed by atoms with Gasteiger partial charge in [0.25, 0.3) is 0 Å². The van der Waals surface area contributed by atoms with Crippen LogP contribution in [-0.4, -0.2) is 35.8 Å². The Kier molecular flexibility index (Phi) is 3.51. The first-order chi connectivity index (χ1) is 10.8. The molecule has 0 aliphatic carbocycles. The van der Waals surface area contributed by atoms with Crippen LogP contribution < -0.4 is 0 Å². The summed E-state index contributed by atoms with van der Waals surface area (Å²) < 4.78 is 4.07. The standard InChI is InChI=1S/C15H18N6S/c1-12-2-3-14(22-12)8-19-4-5-20-6-13(18-15(20)9-19)7-21-11-16-10-17-21/h2-3,6,10-11H,4-5,7-9H2,1H3. The van der Waals surface area contributed by atoms with Gasteiger partial charge in [-0.1, -0.05) is 0 Å². The maximum atomic E-state index is 4.76. The molecule has 0 unspecified atom stereocenters. The fraction of sp³-hybridized carbons (Fsp3) is 0.400. The van der Waals surface area contributed by atoms with Crippen LogP contribution in [0.25, 0.3) is 0 Å². The number of thiophene rings is 1. The van der Waals surface area contributed by atoms with Crippen molar-refractivity contribution in [1.82, 2.24) is 29.2 Å². The highest BCUT2D eigenvalue weighted by Gasteiger charge is 2.19. The number of imidazole rings is 1. The quantitative estimate of drug-likeness (QED) is 0.738. The van der Waals surface area contributed by atoms with Crippen molar-refractivity contribution < 1.29 is 0 Å². The monoisotopic (exact) mass is 314 g/mol. The molecular weight excluding hydrogens is 296 g/mol. The summed E-state index contributed by atoms with van der Waals surface area (Å²) in [5.41, 5.74) is 1.05. The van der Waals surface area contributed by atoms with E-state index in [2.05, 4.69) is 44.8 Å². The summed E-state index contributed by atoms with van der Waals surface area (Å²) in [7, 11) is 0. The lowest BCUT2D eigenvalue weighted by Gasteiger charge is -2.26. The molecule has 0 spiro atoms. The highest BCUT2D eigenvalue weighted by Crippen LogP contribution is 2.20. The second-order valence-corrected chi connectivity index (χ2v) is 7.03. The van der Waals surface area contributed by atoms with Gasteiger partial charge in [0, 0.05) is 35.6 Å². The number of aryl methyl sites for hydroxylation is 1. The van der Waals surface area contributed by atoms with E-state index in [0.717, 1.165) is 37.7 Å². The van der Waals surface area contributed by atoms with Crippen LogP contribution in [-0.2, 0) is 26.2 Å². The van der Waals surface area contributed by atoms with Crippen LogP contribution in [0, 0.1) is 6.92 Å². The zero-order valence-corrected chi connectivity index (χ0v) is 13.3.